The van der Waals surface area contributed by atoms with Crippen molar-refractivity contribution in [3.05, 3.63) is 45.7 Å². The highest BCUT2D eigenvalue weighted by Crippen LogP contribution is 2.30. The van der Waals surface area contributed by atoms with Crippen molar-refractivity contribution in [2.45, 2.75) is 19.8 Å². The quantitative estimate of drug-likeness (QED) is 0.798. The molecule has 0 amide bonds. The Kier molecular flexibility index (Phi) is 3.11. The number of benzene rings is 1. The molecule has 0 N–H and O–H groups in total. The van der Waals surface area contributed by atoms with Crippen LogP contribution in [0.15, 0.2) is 24.4 Å². The van der Waals surface area contributed by atoms with Gasteiger partial charge in [-0.2, -0.15) is 5.10 Å². The minimum Gasteiger partial charge on any atom is -0.294 e. The van der Waals surface area contributed by atoms with Crippen molar-refractivity contribution in [2.75, 3.05) is 0 Å². The summed E-state index contributed by atoms with van der Waals surface area (Å²) in [6.07, 6.45) is 3.03. The molecule has 1 aromatic heterocycles. The second-order valence-corrected chi connectivity index (χ2v) is 5.79. The van der Waals surface area contributed by atoms with Gasteiger partial charge in [0.15, 0.2) is 5.78 Å². The van der Waals surface area contributed by atoms with E-state index in [4.69, 9.17) is 23.2 Å². The fraction of sp³-hybridized carbons (Fsp3) is 0.286. The van der Waals surface area contributed by atoms with Gasteiger partial charge in [-0.05, 0) is 30.5 Å². The molecule has 0 fully saturated rings. The van der Waals surface area contributed by atoms with Gasteiger partial charge in [-0.1, -0.05) is 30.1 Å². The molecule has 3 rings (SSSR count). The number of halogens is 2. The molecule has 98 valence electrons. The Labute approximate surface area is 121 Å². The number of ketones is 1. The van der Waals surface area contributed by atoms with Crippen molar-refractivity contribution < 1.29 is 4.79 Å². The zero-order chi connectivity index (χ0) is 13.6. The summed E-state index contributed by atoms with van der Waals surface area (Å²) in [5.41, 5.74) is 2.35. The van der Waals surface area contributed by atoms with Crippen molar-refractivity contribution >= 4 is 29.0 Å². The normalized spacial score (nSPS) is 18.5. The molecular weight excluding hydrogens is 283 g/mol. The Hall–Kier alpha value is -1.32. The van der Waals surface area contributed by atoms with Crippen LogP contribution in [0.25, 0.3) is 5.69 Å². The van der Waals surface area contributed by atoms with E-state index in [9.17, 15) is 4.79 Å². The Balaban J connectivity index is 2.17. The maximum Gasteiger partial charge on any atom is 0.166 e. The van der Waals surface area contributed by atoms with Crippen LogP contribution in [-0.4, -0.2) is 15.6 Å². The van der Waals surface area contributed by atoms with Crippen LogP contribution in [-0.2, 0) is 6.42 Å². The van der Waals surface area contributed by atoms with Crippen molar-refractivity contribution in [1.29, 1.82) is 0 Å². The van der Waals surface area contributed by atoms with Gasteiger partial charge >= 0.3 is 0 Å². The lowest BCUT2D eigenvalue weighted by Crippen LogP contribution is -2.19. The van der Waals surface area contributed by atoms with Crippen LogP contribution in [0.2, 0.25) is 10.0 Å². The fourth-order valence-corrected chi connectivity index (χ4v) is 2.85. The third-order valence-electron chi connectivity index (χ3n) is 3.38. The van der Waals surface area contributed by atoms with E-state index in [0.717, 1.165) is 17.8 Å². The Morgan fingerprint density at radius 3 is 2.89 bits per heavy atom. The summed E-state index contributed by atoms with van der Waals surface area (Å²) in [5, 5.41) is 5.47. The first kappa shape index (κ1) is 12.7. The summed E-state index contributed by atoms with van der Waals surface area (Å²) in [6, 6.07) is 5.24. The van der Waals surface area contributed by atoms with Crippen LogP contribution in [0.3, 0.4) is 0 Å². The molecule has 0 saturated carbocycles. The van der Waals surface area contributed by atoms with Gasteiger partial charge in [-0.25, -0.2) is 4.68 Å². The molecular formula is C14H12Cl2N2O. The van der Waals surface area contributed by atoms with Crippen LogP contribution >= 0.6 is 23.2 Å². The van der Waals surface area contributed by atoms with Crippen LogP contribution < -0.4 is 0 Å². The van der Waals surface area contributed by atoms with Crippen molar-refractivity contribution in [1.82, 2.24) is 9.78 Å². The Bertz CT molecular complexity index is 663. The number of carbonyl (C=O) groups excluding carboxylic acids is 1. The van der Waals surface area contributed by atoms with Crippen molar-refractivity contribution in [3.8, 4) is 5.69 Å². The average molecular weight is 295 g/mol. The first-order valence-corrected chi connectivity index (χ1v) is 6.87. The molecule has 0 radical (unpaired) electrons. The van der Waals surface area contributed by atoms with Gasteiger partial charge in [0.2, 0.25) is 0 Å². The topological polar surface area (TPSA) is 34.9 Å². The monoisotopic (exact) mass is 294 g/mol. The number of Topliss-reactive ketones (excluding diaryl/α,β-unsaturated/α-hetero) is 1. The molecule has 1 aliphatic rings. The second kappa shape index (κ2) is 4.66. The second-order valence-electron chi connectivity index (χ2n) is 4.95. The summed E-state index contributed by atoms with van der Waals surface area (Å²) in [4.78, 5) is 12.0. The van der Waals surface area contributed by atoms with E-state index in [0.29, 0.717) is 27.9 Å². The van der Waals surface area contributed by atoms with Crippen molar-refractivity contribution in [3.63, 3.8) is 0 Å². The maximum atomic E-state index is 12.0. The molecule has 0 aliphatic heterocycles. The molecule has 2 aromatic rings. The summed E-state index contributed by atoms with van der Waals surface area (Å²) >= 11 is 12.2. The summed E-state index contributed by atoms with van der Waals surface area (Å²) in [5.74, 6) is 0.478. The zero-order valence-corrected chi connectivity index (χ0v) is 11.9. The SMILES string of the molecule is CC1CC(=O)c2cnn(-c3cc(Cl)ccc3Cl)c2C1. The van der Waals surface area contributed by atoms with Gasteiger partial charge in [0, 0.05) is 11.4 Å². The van der Waals surface area contributed by atoms with Gasteiger partial charge < -0.3 is 0 Å². The van der Waals surface area contributed by atoms with E-state index >= 15 is 0 Å². The van der Waals surface area contributed by atoms with Crippen LogP contribution in [0.4, 0.5) is 0 Å². The first-order chi connectivity index (χ1) is 9.06. The number of hydrogen-bond donors (Lipinski definition) is 0. The third kappa shape index (κ3) is 2.17. The standard InChI is InChI=1S/C14H12Cl2N2O/c1-8-4-12-10(14(19)5-8)7-17-18(12)13-6-9(15)2-3-11(13)16/h2-3,6-8H,4-5H2,1H3. The largest absolute Gasteiger partial charge is 0.294 e. The van der Waals surface area contributed by atoms with E-state index in [1.807, 2.05) is 0 Å². The number of hydrogen-bond acceptors (Lipinski definition) is 2. The van der Waals surface area contributed by atoms with Gasteiger partial charge in [0.25, 0.3) is 0 Å². The number of rotatable bonds is 1. The highest BCUT2D eigenvalue weighted by atomic mass is 35.5. The molecule has 5 heteroatoms. The number of fused-ring (bicyclic) bond motifs is 1. The molecule has 0 bridgehead atoms. The molecule has 1 aromatic carbocycles. The molecule has 1 unspecified atom stereocenters. The minimum absolute atomic E-state index is 0.151. The average Bonchev–Trinajstić information content (AvgIpc) is 2.76. The molecule has 19 heavy (non-hydrogen) atoms. The highest BCUT2D eigenvalue weighted by molar-refractivity contribution is 6.34. The van der Waals surface area contributed by atoms with Crippen molar-refractivity contribution in [2.24, 2.45) is 5.92 Å². The lowest BCUT2D eigenvalue weighted by Gasteiger charge is -2.19. The first-order valence-electron chi connectivity index (χ1n) is 6.12. The lowest BCUT2D eigenvalue weighted by molar-refractivity contribution is 0.0952. The number of carbonyl (C=O) groups is 1. The summed E-state index contributed by atoms with van der Waals surface area (Å²) < 4.78 is 1.73. The van der Waals surface area contributed by atoms with Crippen LogP contribution in [0.1, 0.15) is 29.4 Å². The van der Waals surface area contributed by atoms with Gasteiger partial charge in [0.05, 0.1) is 28.2 Å². The predicted octanol–water partition coefficient (Wildman–Crippen LogP) is 3.94. The van der Waals surface area contributed by atoms with E-state index in [1.54, 1.807) is 29.1 Å². The van der Waals surface area contributed by atoms with Crippen LogP contribution in [0, 0.1) is 5.92 Å². The van der Waals surface area contributed by atoms with Gasteiger partial charge in [-0.15, -0.1) is 0 Å². The minimum atomic E-state index is 0.151. The Morgan fingerprint density at radius 2 is 2.11 bits per heavy atom. The van der Waals surface area contributed by atoms with E-state index < -0.39 is 0 Å². The smallest absolute Gasteiger partial charge is 0.166 e. The van der Waals surface area contributed by atoms with Gasteiger partial charge in [0.1, 0.15) is 0 Å². The van der Waals surface area contributed by atoms with Crippen LogP contribution in [0.5, 0.6) is 0 Å². The highest BCUT2D eigenvalue weighted by Gasteiger charge is 2.27. The maximum absolute atomic E-state index is 12.0. The van der Waals surface area contributed by atoms with E-state index in [2.05, 4.69) is 12.0 Å². The lowest BCUT2D eigenvalue weighted by atomic mass is 9.88. The summed E-state index contributed by atoms with van der Waals surface area (Å²) in [6.45, 7) is 2.07. The molecule has 1 aliphatic carbocycles. The molecule has 3 nitrogen and oxygen atoms in total. The number of aromatic nitrogens is 2. The molecule has 1 heterocycles. The molecule has 0 spiro atoms. The zero-order valence-electron chi connectivity index (χ0n) is 10.4. The Morgan fingerprint density at radius 1 is 1.32 bits per heavy atom. The third-order valence-corrected chi connectivity index (χ3v) is 3.94. The molecule has 0 saturated heterocycles. The van der Waals surface area contributed by atoms with E-state index in [1.165, 1.54) is 0 Å². The molecule has 1 atom stereocenters. The van der Waals surface area contributed by atoms with E-state index in [-0.39, 0.29) is 5.78 Å². The number of nitrogens with zero attached hydrogens (tertiary/aromatic N) is 2. The summed E-state index contributed by atoms with van der Waals surface area (Å²) in [7, 11) is 0. The van der Waals surface area contributed by atoms with Gasteiger partial charge in [-0.3, -0.25) is 4.79 Å². The predicted molar refractivity (Wildman–Crippen MR) is 75.4 cm³/mol. The fourth-order valence-electron chi connectivity index (χ4n) is 2.49.